The van der Waals surface area contributed by atoms with E-state index in [1.54, 1.807) is 6.07 Å². The van der Waals surface area contributed by atoms with Crippen LogP contribution in [0.1, 0.15) is 89.8 Å². The second-order valence-corrected chi connectivity index (χ2v) is 16.0. The van der Waals surface area contributed by atoms with E-state index in [1.165, 1.54) is 46.8 Å². The van der Waals surface area contributed by atoms with Crippen molar-refractivity contribution in [2.24, 2.45) is 0 Å². The summed E-state index contributed by atoms with van der Waals surface area (Å²) in [6.45, 7) is 14.7. The Morgan fingerprint density at radius 3 is 2.21 bits per heavy atom. The molecule has 0 aromatic heterocycles. The number of fused-ring (bicyclic) bond motifs is 2. The molecule has 11 heteroatoms. The molecule has 0 aliphatic carbocycles. The van der Waals surface area contributed by atoms with Crippen LogP contribution in [0.5, 0.6) is 0 Å². The fourth-order valence-corrected chi connectivity index (χ4v) is 8.02. The van der Waals surface area contributed by atoms with E-state index in [1.807, 2.05) is 26.0 Å². The molecule has 5 rings (SSSR count). The maximum absolute atomic E-state index is 12.5. The molecule has 2 amide bonds. The Morgan fingerprint density at radius 2 is 1.54 bits per heavy atom. The van der Waals surface area contributed by atoms with Gasteiger partial charge in [-0.2, -0.15) is 4.58 Å². The summed E-state index contributed by atoms with van der Waals surface area (Å²) in [5.74, 6) is -0.551. The van der Waals surface area contributed by atoms with E-state index in [-0.39, 0.29) is 85.8 Å². The second-order valence-electron chi connectivity index (χ2n) is 14.6. The summed E-state index contributed by atoms with van der Waals surface area (Å²) in [5.41, 5.74) is 6.99. The average Bonchev–Trinajstić information content (AvgIpc) is 3.58. The van der Waals surface area contributed by atoms with E-state index in [0.717, 1.165) is 47.7 Å². The van der Waals surface area contributed by atoms with Crippen molar-refractivity contribution in [3.63, 3.8) is 0 Å². The third-order valence-corrected chi connectivity index (χ3v) is 11.2. The number of Topliss-reactive ketones (excluding diaryl/α,β-unsaturated/α-hetero) is 1. The minimum absolute atomic E-state index is 0. The van der Waals surface area contributed by atoms with Crippen LogP contribution in [0.3, 0.4) is 0 Å². The second kappa shape index (κ2) is 17.1. The summed E-state index contributed by atoms with van der Waals surface area (Å²) >= 11 is 0. The molecular formula is C41H49KN3O6S+. The van der Waals surface area contributed by atoms with Crippen LogP contribution < -0.4 is 56.3 Å². The largest absolute Gasteiger partial charge is 1.00 e. The smallest absolute Gasteiger partial charge is 0.744 e. The molecule has 0 spiro atoms. The zero-order chi connectivity index (χ0) is 37.1. The number of hydrogen-bond donors (Lipinski definition) is 0. The van der Waals surface area contributed by atoms with Crippen molar-refractivity contribution in [1.82, 2.24) is 4.90 Å². The molecule has 0 fully saturated rings. The zero-order valence-corrected chi connectivity index (χ0v) is 35.5. The average molecular weight is 751 g/mol. The van der Waals surface area contributed by atoms with Gasteiger partial charge in [-0.05, 0) is 76.8 Å². The van der Waals surface area contributed by atoms with Crippen LogP contribution in [0, 0.1) is 6.92 Å². The van der Waals surface area contributed by atoms with Crippen LogP contribution >= 0.6 is 0 Å². The van der Waals surface area contributed by atoms with E-state index < -0.39 is 15.5 Å². The van der Waals surface area contributed by atoms with Crippen LogP contribution in [0.25, 0.3) is 0 Å². The number of unbranched alkanes of at least 4 members (excludes halogenated alkanes) is 2. The van der Waals surface area contributed by atoms with E-state index in [2.05, 4.69) is 73.6 Å². The first kappa shape index (κ1) is 42.0. The molecule has 9 nitrogen and oxygen atoms in total. The summed E-state index contributed by atoms with van der Waals surface area (Å²) in [6.07, 6.45) is 16.4. The van der Waals surface area contributed by atoms with Crippen LogP contribution in [-0.4, -0.2) is 65.4 Å². The summed E-state index contributed by atoms with van der Waals surface area (Å²) in [6, 6.07) is 11.2. The van der Waals surface area contributed by atoms with Crippen LogP contribution in [0.4, 0.5) is 11.4 Å². The number of amides is 2. The third-order valence-electron chi connectivity index (χ3n) is 10.3. The van der Waals surface area contributed by atoms with Gasteiger partial charge in [-0.1, -0.05) is 49.8 Å². The van der Waals surface area contributed by atoms with Crippen molar-refractivity contribution in [3.8, 4) is 0 Å². The molecule has 2 aromatic carbocycles. The van der Waals surface area contributed by atoms with Gasteiger partial charge in [0.25, 0.3) is 11.8 Å². The van der Waals surface area contributed by atoms with Gasteiger partial charge in [0, 0.05) is 79.0 Å². The number of allylic oxidation sites excluding steroid dienone is 6. The molecule has 0 unspecified atom stereocenters. The molecular weight excluding hydrogens is 702 g/mol. The normalized spacial score (nSPS) is 18.3. The number of rotatable bonds is 15. The van der Waals surface area contributed by atoms with Crippen molar-refractivity contribution in [3.05, 3.63) is 101 Å². The molecule has 0 radical (unpaired) electrons. The Morgan fingerprint density at radius 1 is 0.846 bits per heavy atom. The summed E-state index contributed by atoms with van der Waals surface area (Å²) in [5, 5.41) is 0. The number of ketones is 1. The molecule has 0 N–H and O–H groups in total. The van der Waals surface area contributed by atoms with E-state index in [0.29, 0.717) is 25.8 Å². The molecule has 3 heterocycles. The fraction of sp³-hybridized carbons (Fsp3) is 0.415. The van der Waals surface area contributed by atoms with Gasteiger partial charge in [0.15, 0.2) is 5.71 Å². The zero-order valence-electron chi connectivity index (χ0n) is 31.6. The SMILES string of the molecule is CCN1C(=CC=CC=CC2=[N+](CCCCCC(=O)CCCN3C(=O)C=CC3=O)c3ccc(S(=O)(=O)[O-])cc3C2(C)C)C(C)(C)c2cc(C)ccc21.[K+]. The molecule has 0 saturated heterocycles. The van der Waals surface area contributed by atoms with Gasteiger partial charge < -0.3 is 9.45 Å². The quantitative estimate of drug-likeness (QED) is 0.0677. The fourth-order valence-electron chi connectivity index (χ4n) is 7.52. The maximum atomic E-state index is 12.5. The van der Waals surface area contributed by atoms with Gasteiger partial charge >= 0.3 is 51.4 Å². The van der Waals surface area contributed by atoms with Gasteiger partial charge in [0.2, 0.25) is 5.69 Å². The predicted octanol–water partition coefficient (Wildman–Crippen LogP) is 3.93. The molecule has 3 aliphatic heterocycles. The van der Waals surface area contributed by atoms with Gasteiger partial charge in [-0.3, -0.25) is 19.3 Å². The Hall–Kier alpha value is -2.77. The number of carbonyl (C=O) groups is 3. The van der Waals surface area contributed by atoms with Crippen molar-refractivity contribution in [2.75, 3.05) is 24.5 Å². The first-order valence-corrected chi connectivity index (χ1v) is 19.2. The van der Waals surface area contributed by atoms with Crippen molar-refractivity contribution < 1.29 is 83.3 Å². The first-order valence-electron chi connectivity index (χ1n) is 17.8. The molecule has 52 heavy (non-hydrogen) atoms. The number of likely N-dealkylation sites (N-methyl/N-ethyl adjacent to an activating group) is 1. The van der Waals surface area contributed by atoms with Gasteiger partial charge in [-0.15, -0.1) is 0 Å². The first-order chi connectivity index (χ1) is 24.1. The topological polar surface area (TPSA) is 118 Å². The monoisotopic (exact) mass is 750 g/mol. The number of hydrogen-bond acceptors (Lipinski definition) is 7. The van der Waals surface area contributed by atoms with E-state index >= 15 is 0 Å². The Balaban J connectivity index is 0.00000605. The number of anilines is 1. The standard InChI is InChI=1S/C41H49N3O6S.K/c1-7-42-34-21-19-29(2)27-32(34)40(3,4)36(42)17-11-8-12-18-37-41(5,6)33-28-31(51(48,49)50)20-22-35(33)43(37)25-13-9-10-15-30(45)16-14-26-44-38(46)23-24-39(44)47;/h8,11-12,17-24,27-28H,7,9-10,13-16,25-26H2,1-6H3;/q;+1. The molecule has 0 saturated carbocycles. The van der Waals surface area contributed by atoms with Gasteiger partial charge in [-0.25, -0.2) is 8.42 Å². The molecule has 3 aliphatic rings. The predicted molar refractivity (Wildman–Crippen MR) is 199 cm³/mol. The van der Waals surface area contributed by atoms with Crippen LogP contribution in [0.2, 0.25) is 0 Å². The summed E-state index contributed by atoms with van der Waals surface area (Å²) < 4.78 is 38.0. The van der Waals surface area contributed by atoms with E-state index in [9.17, 15) is 27.4 Å². The molecule has 0 atom stereocenters. The maximum Gasteiger partial charge on any atom is 1.00 e. The third kappa shape index (κ3) is 8.94. The molecule has 270 valence electrons. The number of benzene rings is 2. The number of imide groups is 1. The number of nitrogens with zero attached hydrogens (tertiary/aromatic N) is 3. The van der Waals surface area contributed by atoms with Gasteiger partial charge in [0.05, 0.1) is 10.3 Å². The Labute approximate surface area is 351 Å². The van der Waals surface area contributed by atoms with Crippen LogP contribution in [0.15, 0.2) is 89.5 Å². The summed E-state index contributed by atoms with van der Waals surface area (Å²) in [7, 11) is -4.62. The van der Waals surface area contributed by atoms with E-state index in [4.69, 9.17) is 0 Å². The molecule has 2 aromatic rings. The van der Waals surface area contributed by atoms with Crippen LogP contribution in [-0.2, 0) is 35.3 Å². The number of aryl methyl sites for hydroxylation is 1. The molecule has 0 bridgehead atoms. The Kier molecular flexibility index (Phi) is 13.8. The minimum atomic E-state index is -4.62. The number of carbonyl (C=O) groups excluding carboxylic acids is 3. The summed E-state index contributed by atoms with van der Waals surface area (Å²) in [4.78, 5) is 39.2. The van der Waals surface area contributed by atoms with Gasteiger partial charge in [0.1, 0.15) is 22.4 Å². The Bertz CT molecular complexity index is 1990. The van der Waals surface area contributed by atoms with Crippen molar-refractivity contribution >= 4 is 44.8 Å². The minimum Gasteiger partial charge on any atom is -0.744 e. The van der Waals surface area contributed by atoms with Crippen molar-refractivity contribution in [2.45, 2.75) is 95.8 Å². The van der Waals surface area contributed by atoms with Crippen molar-refractivity contribution in [1.29, 1.82) is 0 Å².